The van der Waals surface area contributed by atoms with Crippen LogP contribution in [0.25, 0.3) is 11.1 Å². The second-order valence-corrected chi connectivity index (χ2v) is 16.2. The van der Waals surface area contributed by atoms with Gasteiger partial charge in [0.25, 0.3) is 0 Å². The molecule has 4 heteroatoms. The van der Waals surface area contributed by atoms with Gasteiger partial charge in [0, 0.05) is 0 Å². The molecule has 2 aromatic rings. The van der Waals surface area contributed by atoms with E-state index in [1.807, 2.05) is 12.1 Å². The molecule has 0 saturated heterocycles. The Morgan fingerprint density at radius 1 is 0.958 bits per heavy atom. The summed E-state index contributed by atoms with van der Waals surface area (Å²) in [5.41, 5.74) is 5.21. The maximum absolute atomic E-state index is 7.16. The van der Waals surface area contributed by atoms with E-state index in [1.165, 1.54) is 25.6 Å². The molecule has 0 saturated carbocycles. The Hall–Kier alpha value is -1.32. The van der Waals surface area contributed by atoms with E-state index in [1.54, 1.807) is 14.2 Å². The Labute approximate surface area is 153 Å². The fourth-order valence-corrected chi connectivity index (χ4v) is 13.7. The van der Waals surface area contributed by atoms with E-state index in [0.29, 0.717) is 3.67 Å². The maximum atomic E-state index is 7.16. The van der Waals surface area contributed by atoms with Crippen LogP contribution < -0.4 is 9.47 Å². The molecule has 2 aromatic carbocycles. The van der Waals surface area contributed by atoms with Crippen LogP contribution in [0.15, 0.2) is 58.0 Å². The second-order valence-electron chi connectivity index (χ2n) is 6.01. The van der Waals surface area contributed by atoms with Crippen molar-refractivity contribution < 1.29 is 29.7 Å². The van der Waals surface area contributed by atoms with E-state index in [0.717, 1.165) is 17.9 Å². The minimum atomic E-state index is -2.54. The van der Waals surface area contributed by atoms with E-state index in [9.17, 15) is 0 Å². The van der Waals surface area contributed by atoms with Gasteiger partial charge >= 0.3 is 154 Å². The van der Waals surface area contributed by atoms with Crippen molar-refractivity contribution >= 4 is 8.58 Å². The number of methoxy groups -OCH3 is 2. The summed E-state index contributed by atoms with van der Waals surface area (Å²) in [5, 5.41) is 0. The van der Waals surface area contributed by atoms with E-state index in [4.69, 9.17) is 18.1 Å². The minimum absolute atomic E-state index is 0.318. The molecule has 0 heterocycles. The van der Waals surface area contributed by atoms with Crippen LogP contribution in [0.1, 0.15) is 21.2 Å². The van der Waals surface area contributed by atoms with Gasteiger partial charge in [-0.05, 0) is 0 Å². The van der Waals surface area contributed by atoms with Crippen molar-refractivity contribution in [2.75, 3.05) is 14.2 Å². The zero-order chi connectivity index (χ0) is 16.7. The number of ether oxygens (including phenoxy) is 2. The number of rotatable bonds is 4. The summed E-state index contributed by atoms with van der Waals surface area (Å²) in [5.74, 6) is 1.79. The van der Waals surface area contributed by atoms with Crippen LogP contribution in [0.2, 0.25) is 0 Å². The first-order valence-electron chi connectivity index (χ1n) is 7.97. The summed E-state index contributed by atoms with van der Waals surface area (Å²) >= 11 is -2.54. The Bertz CT molecular complexity index is 803. The van der Waals surface area contributed by atoms with Crippen molar-refractivity contribution in [3.05, 3.63) is 69.1 Å². The molecule has 24 heavy (non-hydrogen) atoms. The van der Waals surface area contributed by atoms with Gasteiger partial charge in [0.2, 0.25) is 0 Å². The molecule has 4 rings (SSSR count). The van der Waals surface area contributed by atoms with Gasteiger partial charge in [-0.1, -0.05) is 0 Å². The SMILES string of the molecule is COc1ccc2c(c1)[CH]([Hf]([Cl])[C]1=CC=CC1)c1cc(OC)ccc1-2. The summed E-state index contributed by atoms with van der Waals surface area (Å²) < 4.78 is 12.7. The molecule has 2 nitrogen and oxygen atoms in total. The van der Waals surface area contributed by atoms with Crippen LogP contribution in [-0.4, -0.2) is 14.2 Å². The van der Waals surface area contributed by atoms with Crippen molar-refractivity contribution in [2.45, 2.75) is 10.1 Å². The normalized spacial score (nSPS) is 15.0. The standard InChI is InChI=1S/C15H13O2.C5H5.ClH.Hf/c1-16-12-3-5-14-10(8-12)7-11-9-13(17-2)4-6-15(11)14;1-2-4-5-3-1;;/h3-9H,1-2H3;1-3H,4H2;1H;/q;;;+1/p-1. The molecular formula is C20H18ClHfO2. The van der Waals surface area contributed by atoms with Crippen molar-refractivity contribution in [1.29, 1.82) is 0 Å². The predicted molar refractivity (Wildman–Crippen MR) is 94.5 cm³/mol. The zero-order valence-corrected chi connectivity index (χ0v) is 18.0. The van der Waals surface area contributed by atoms with Gasteiger partial charge in [0.1, 0.15) is 0 Å². The van der Waals surface area contributed by atoms with Crippen LogP contribution >= 0.6 is 8.58 Å². The topological polar surface area (TPSA) is 18.5 Å². The van der Waals surface area contributed by atoms with Gasteiger partial charge in [-0.15, -0.1) is 0 Å². The number of fused-ring (bicyclic) bond motifs is 3. The number of hydrogen-bond acceptors (Lipinski definition) is 2. The van der Waals surface area contributed by atoms with Gasteiger partial charge in [0.05, 0.1) is 0 Å². The van der Waals surface area contributed by atoms with Crippen molar-refractivity contribution in [1.82, 2.24) is 0 Å². The van der Waals surface area contributed by atoms with E-state index in [2.05, 4.69) is 42.5 Å². The molecule has 0 unspecified atom stereocenters. The average molecular weight is 504 g/mol. The summed E-state index contributed by atoms with van der Waals surface area (Å²) in [6.07, 6.45) is 7.58. The number of benzene rings is 2. The summed E-state index contributed by atoms with van der Waals surface area (Å²) in [4.78, 5) is 0. The van der Waals surface area contributed by atoms with Crippen molar-refractivity contribution in [3.8, 4) is 22.6 Å². The molecule has 0 radical (unpaired) electrons. The molecule has 0 amide bonds. The number of halogens is 1. The van der Waals surface area contributed by atoms with E-state index >= 15 is 0 Å². The van der Waals surface area contributed by atoms with Crippen LogP contribution in [0, 0.1) is 0 Å². The Morgan fingerprint density at radius 2 is 1.54 bits per heavy atom. The third-order valence-corrected chi connectivity index (χ3v) is 16.1. The Morgan fingerprint density at radius 3 is 2.00 bits per heavy atom. The molecule has 121 valence electrons. The first-order valence-corrected chi connectivity index (χ1v) is 16.3. The molecule has 0 aromatic heterocycles. The van der Waals surface area contributed by atoms with Crippen LogP contribution in [0.3, 0.4) is 0 Å². The van der Waals surface area contributed by atoms with E-state index < -0.39 is 20.3 Å². The number of allylic oxidation sites excluding steroid dienone is 4. The molecule has 2 aliphatic carbocycles. The van der Waals surface area contributed by atoms with Gasteiger partial charge in [-0.2, -0.15) is 0 Å². The molecule has 0 aliphatic heterocycles. The molecule has 0 fully saturated rings. The first-order chi connectivity index (χ1) is 11.7. The van der Waals surface area contributed by atoms with E-state index in [-0.39, 0.29) is 0 Å². The second kappa shape index (κ2) is 6.53. The fraction of sp³-hybridized carbons (Fsp3) is 0.200. The van der Waals surface area contributed by atoms with Gasteiger partial charge in [0.15, 0.2) is 0 Å². The predicted octanol–water partition coefficient (Wildman–Crippen LogP) is 5.39. The van der Waals surface area contributed by atoms with Crippen LogP contribution in [-0.2, 0) is 20.3 Å². The summed E-state index contributed by atoms with van der Waals surface area (Å²) in [7, 11) is 10.6. The molecule has 0 N–H and O–H groups in total. The van der Waals surface area contributed by atoms with Gasteiger partial charge in [-0.3, -0.25) is 0 Å². The van der Waals surface area contributed by atoms with Gasteiger partial charge < -0.3 is 0 Å². The molecule has 2 aliphatic rings. The average Bonchev–Trinajstić information content (AvgIpc) is 3.26. The van der Waals surface area contributed by atoms with Crippen LogP contribution in [0.5, 0.6) is 11.5 Å². The Balaban J connectivity index is 1.88. The molecule has 0 bridgehead atoms. The molecular weight excluding hydrogens is 486 g/mol. The fourth-order valence-electron chi connectivity index (χ4n) is 3.55. The zero-order valence-electron chi connectivity index (χ0n) is 13.7. The summed E-state index contributed by atoms with van der Waals surface area (Å²) in [6.45, 7) is 0. The monoisotopic (exact) mass is 505 g/mol. The van der Waals surface area contributed by atoms with Crippen molar-refractivity contribution in [2.24, 2.45) is 0 Å². The third kappa shape index (κ3) is 2.58. The first kappa shape index (κ1) is 16.2. The molecule has 0 atom stereocenters. The number of hydrogen-bond donors (Lipinski definition) is 0. The van der Waals surface area contributed by atoms with Crippen molar-refractivity contribution in [3.63, 3.8) is 0 Å². The van der Waals surface area contributed by atoms with Crippen LogP contribution in [0.4, 0.5) is 0 Å². The Kier molecular flexibility index (Phi) is 4.40. The third-order valence-electron chi connectivity index (χ3n) is 4.76. The quantitative estimate of drug-likeness (QED) is 0.521. The molecule has 0 spiro atoms. The summed E-state index contributed by atoms with van der Waals surface area (Å²) in [6, 6.07) is 12.7. The van der Waals surface area contributed by atoms with Gasteiger partial charge in [-0.25, -0.2) is 0 Å².